The van der Waals surface area contributed by atoms with E-state index in [2.05, 4.69) is 12.2 Å². The zero-order valence-electron chi connectivity index (χ0n) is 13.5. The first-order chi connectivity index (χ1) is 10.2. The normalized spacial score (nSPS) is 23.8. The van der Waals surface area contributed by atoms with E-state index in [1.165, 1.54) is 25.7 Å². The lowest BCUT2D eigenvalue weighted by atomic mass is 10.0. The molecule has 2 aliphatic rings. The second kappa shape index (κ2) is 8.74. The van der Waals surface area contributed by atoms with Crippen LogP contribution in [0.2, 0.25) is 0 Å². The van der Waals surface area contributed by atoms with Gasteiger partial charge < -0.3 is 15.3 Å². The van der Waals surface area contributed by atoms with Gasteiger partial charge in [0, 0.05) is 32.1 Å². The van der Waals surface area contributed by atoms with Gasteiger partial charge in [0.15, 0.2) is 0 Å². The molecule has 1 amide bonds. The molecule has 0 radical (unpaired) electrons. The number of hydrogen-bond acceptors (Lipinski definition) is 3. The third-order valence-electron chi connectivity index (χ3n) is 5.06. The highest BCUT2D eigenvalue weighted by Crippen LogP contribution is 2.27. The fourth-order valence-corrected chi connectivity index (χ4v) is 3.61. The van der Waals surface area contributed by atoms with E-state index in [1.807, 2.05) is 4.90 Å². The summed E-state index contributed by atoms with van der Waals surface area (Å²) in [6, 6.07) is 0.150. The van der Waals surface area contributed by atoms with Gasteiger partial charge in [0.05, 0.1) is 6.10 Å². The van der Waals surface area contributed by atoms with Gasteiger partial charge in [0.1, 0.15) is 0 Å². The number of aliphatic hydroxyl groups excluding tert-OH is 1. The van der Waals surface area contributed by atoms with Crippen molar-refractivity contribution in [3.8, 4) is 0 Å². The van der Waals surface area contributed by atoms with Gasteiger partial charge >= 0.3 is 0 Å². The van der Waals surface area contributed by atoms with E-state index in [9.17, 15) is 9.90 Å². The number of amides is 1. The molecule has 21 heavy (non-hydrogen) atoms. The monoisotopic (exact) mass is 296 g/mol. The van der Waals surface area contributed by atoms with E-state index >= 15 is 0 Å². The Morgan fingerprint density at radius 1 is 1.14 bits per heavy atom. The molecule has 2 fully saturated rings. The summed E-state index contributed by atoms with van der Waals surface area (Å²) in [6.45, 7) is 4.53. The minimum absolute atomic E-state index is 0.150. The molecule has 0 spiro atoms. The van der Waals surface area contributed by atoms with Crippen molar-refractivity contribution in [1.29, 1.82) is 0 Å². The zero-order valence-corrected chi connectivity index (χ0v) is 13.5. The predicted molar refractivity (Wildman–Crippen MR) is 85.1 cm³/mol. The Morgan fingerprint density at radius 3 is 2.38 bits per heavy atom. The van der Waals surface area contributed by atoms with Crippen LogP contribution in [0.25, 0.3) is 0 Å². The van der Waals surface area contributed by atoms with Crippen LogP contribution in [0.5, 0.6) is 0 Å². The number of hydrogen-bond donors (Lipinski definition) is 2. The number of nitrogens with one attached hydrogen (secondary N) is 1. The van der Waals surface area contributed by atoms with Crippen LogP contribution in [0.4, 0.5) is 0 Å². The Balaban J connectivity index is 1.65. The number of likely N-dealkylation sites (tertiary alicyclic amines) is 1. The van der Waals surface area contributed by atoms with Crippen LogP contribution in [0, 0.1) is 5.92 Å². The number of carbonyl (C=O) groups excluding carboxylic acids is 1. The first kappa shape index (κ1) is 16.8. The fourth-order valence-electron chi connectivity index (χ4n) is 3.61. The highest BCUT2D eigenvalue weighted by atomic mass is 16.3. The maximum atomic E-state index is 12.3. The smallest absolute Gasteiger partial charge is 0.224 e. The van der Waals surface area contributed by atoms with Crippen LogP contribution in [-0.4, -0.2) is 47.7 Å². The number of rotatable bonds is 6. The maximum absolute atomic E-state index is 12.3. The Morgan fingerprint density at radius 2 is 1.76 bits per heavy atom. The van der Waals surface area contributed by atoms with Gasteiger partial charge in [-0.15, -0.1) is 0 Å². The van der Waals surface area contributed by atoms with Crippen LogP contribution >= 0.6 is 0 Å². The van der Waals surface area contributed by atoms with E-state index < -0.39 is 0 Å². The van der Waals surface area contributed by atoms with Crippen molar-refractivity contribution < 1.29 is 9.90 Å². The molecule has 4 heteroatoms. The number of carbonyl (C=O) groups is 1. The third kappa shape index (κ3) is 5.59. The maximum Gasteiger partial charge on any atom is 0.224 e. The van der Waals surface area contributed by atoms with Gasteiger partial charge in [0.25, 0.3) is 0 Å². The topological polar surface area (TPSA) is 52.6 Å². The molecule has 0 bridgehead atoms. The summed E-state index contributed by atoms with van der Waals surface area (Å²) in [4.78, 5) is 14.3. The van der Waals surface area contributed by atoms with E-state index in [1.54, 1.807) is 0 Å². The highest BCUT2D eigenvalue weighted by molar-refractivity contribution is 5.76. The minimum atomic E-state index is -0.247. The van der Waals surface area contributed by atoms with Crippen molar-refractivity contribution in [3.63, 3.8) is 0 Å². The average Bonchev–Trinajstić information content (AvgIpc) is 2.87. The molecule has 2 unspecified atom stereocenters. The molecule has 0 aromatic heterocycles. The van der Waals surface area contributed by atoms with Gasteiger partial charge in [-0.3, -0.25) is 4.79 Å². The Bertz CT molecular complexity index is 308. The van der Waals surface area contributed by atoms with Crippen molar-refractivity contribution in [2.45, 2.75) is 76.9 Å². The van der Waals surface area contributed by atoms with Crippen molar-refractivity contribution in [1.82, 2.24) is 10.2 Å². The van der Waals surface area contributed by atoms with Crippen LogP contribution in [0.15, 0.2) is 0 Å². The third-order valence-corrected chi connectivity index (χ3v) is 5.06. The second-order valence-corrected chi connectivity index (χ2v) is 6.92. The lowest BCUT2D eigenvalue weighted by Gasteiger charge is -2.24. The van der Waals surface area contributed by atoms with E-state index in [0.29, 0.717) is 18.9 Å². The molecule has 2 atom stereocenters. The Labute approximate surface area is 129 Å². The van der Waals surface area contributed by atoms with Crippen molar-refractivity contribution in [3.05, 3.63) is 0 Å². The van der Waals surface area contributed by atoms with E-state index in [0.717, 1.165) is 38.8 Å². The molecular formula is C17H32N2O2. The van der Waals surface area contributed by atoms with Crippen LogP contribution < -0.4 is 5.32 Å². The summed E-state index contributed by atoms with van der Waals surface area (Å²) < 4.78 is 0. The second-order valence-electron chi connectivity index (χ2n) is 6.92. The number of nitrogens with zero attached hydrogens (tertiary/aromatic N) is 1. The summed E-state index contributed by atoms with van der Waals surface area (Å²) >= 11 is 0. The largest absolute Gasteiger partial charge is 0.392 e. The van der Waals surface area contributed by atoms with Crippen LogP contribution in [0.1, 0.15) is 64.7 Å². The molecule has 2 rings (SSSR count). The standard InChI is InChI=1S/C17H32N2O2/c1-14(18-13-16(20)15-8-4-5-9-15)12-17(21)19-10-6-2-3-7-11-19/h14-16,18,20H,2-13H2,1H3. The summed E-state index contributed by atoms with van der Waals surface area (Å²) in [5.74, 6) is 0.735. The van der Waals surface area contributed by atoms with Gasteiger partial charge in [0.2, 0.25) is 5.91 Å². The molecule has 2 N–H and O–H groups in total. The highest BCUT2D eigenvalue weighted by Gasteiger charge is 2.24. The average molecular weight is 296 g/mol. The van der Waals surface area contributed by atoms with Crippen LogP contribution in [-0.2, 0) is 4.79 Å². The molecule has 1 heterocycles. The summed E-state index contributed by atoms with van der Waals surface area (Å²) in [7, 11) is 0. The van der Waals surface area contributed by atoms with Gasteiger partial charge in [-0.25, -0.2) is 0 Å². The molecule has 1 aliphatic heterocycles. The molecule has 1 aliphatic carbocycles. The molecule has 1 saturated heterocycles. The summed E-state index contributed by atoms with van der Waals surface area (Å²) in [6.07, 6.45) is 9.93. The number of aliphatic hydroxyl groups is 1. The Kier molecular flexibility index (Phi) is 6.97. The van der Waals surface area contributed by atoms with E-state index in [-0.39, 0.29) is 18.1 Å². The fraction of sp³-hybridized carbons (Fsp3) is 0.941. The van der Waals surface area contributed by atoms with Gasteiger partial charge in [-0.2, -0.15) is 0 Å². The molecule has 0 aromatic carbocycles. The zero-order chi connectivity index (χ0) is 15.1. The van der Waals surface area contributed by atoms with Gasteiger partial charge in [-0.05, 0) is 38.5 Å². The molecule has 1 saturated carbocycles. The van der Waals surface area contributed by atoms with Crippen molar-refractivity contribution >= 4 is 5.91 Å². The van der Waals surface area contributed by atoms with Crippen molar-refractivity contribution in [2.75, 3.05) is 19.6 Å². The van der Waals surface area contributed by atoms with Crippen molar-refractivity contribution in [2.24, 2.45) is 5.92 Å². The lowest BCUT2D eigenvalue weighted by molar-refractivity contribution is -0.131. The first-order valence-electron chi connectivity index (χ1n) is 8.86. The SMILES string of the molecule is CC(CC(=O)N1CCCCCC1)NCC(O)C1CCCC1. The Hall–Kier alpha value is -0.610. The summed E-state index contributed by atoms with van der Waals surface area (Å²) in [5, 5.41) is 13.5. The minimum Gasteiger partial charge on any atom is -0.392 e. The predicted octanol–water partition coefficient (Wildman–Crippen LogP) is 2.31. The van der Waals surface area contributed by atoms with Gasteiger partial charge in [-0.1, -0.05) is 25.7 Å². The quantitative estimate of drug-likeness (QED) is 0.791. The van der Waals surface area contributed by atoms with E-state index in [4.69, 9.17) is 0 Å². The van der Waals surface area contributed by atoms with Crippen LogP contribution in [0.3, 0.4) is 0 Å². The summed E-state index contributed by atoms with van der Waals surface area (Å²) in [5.41, 5.74) is 0. The molecule has 122 valence electrons. The molecule has 0 aromatic rings. The molecular weight excluding hydrogens is 264 g/mol. The molecule has 4 nitrogen and oxygen atoms in total. The first-order valence-corrected chi connectivity index (χ1v) is 8.86. The lowest BCUT2D eigenvalue weighted by Crippen LogP contribution is -2.41.